The molecule has 0 atom stereocenters. The van der Waals surface area contributed by atoms with E-state index >= 15 is 0 Å². The number of aromatic nitrogens is 4. The van der Waals surface area contributed by atoms with Crippen LogP contribution >= 0.6 is 0 Å². The molecule has 0 saturated carbocycles. The Kier molecular flexibility index (Phi) is 4.65. The van der Waals surface area contributed by atoms with Crippen LogP contribution in [0.15, 0.2) is 12.1 Å². The molecule has 3 aromatic heterocycles. The van der Waals surface area contributed by atoms with E-state index in [-0.39, 0.29) is 17.3 Å². The Morgan fingerprint density at radius 3 is 2.62 bits per heavy atom. The number of hydrogen-bond donors (Lipinski definition) is 1. The first-order valence-corrected chi connectivity index (χ1v) is 9.70. The fraction of sp³-hybridized carbons (Fsp3) is 0.400. The predicted molar refractivity (Wildman–Crippen MR) is 92.1 cm³/mol. The molecule has 0 aromatic carbocycles. The van der Waals surface area contributed by atoms with E-state index in [1.165, 1.54) is 12.1 Å². The van der Waals surface area contributed by atoms with Crippen molar-refractivity contribution >= 4 is 32.5 Å². The molecule has 0 amide bonds. The molecule has 0 fully saturated rings. The van der Waals surface area contributed by atoms with Crippen LogP contribution in [0.5, 0.6) is 5.88 Å². The highest BCUT2D eigenvalue weighted by molar-refractivity contribution is 7.92. The molecular weight excluding hydrogens is 368 g/mol. The van der Waals surface area contributed by atoms with Crippen molar-refractivity contribution < 1.29 is 21.9 Å². The minimum Gasteiger partial charge on any atom is -0.417 e. The molecule has 0 aliphatic carbocycles. The van der Waals surface area contributed by atoms with Crippen molar-refractivity contribution in [2.75, 3.05) is 11.0 Å². The van der Waals surface area contributed by atoms with Gasteiger partial charge in [-0.3, -0.25) is 9.12 Å². The fourth-order valence-corrected chi connectivity index (χ4v) is 3.23. The van der Waals surface area contributed by atoms with Crippen LogP contribution in [0.3, 0.4) is 0 Å². The number of alkyl halides is 2. The van der Waals surface area contributed by atoms with E-state index in [0.717, 1.165) is 12.7 Å². The average Bonchev–Trinajstić information content (AvgIpc) is 2.83. The highest BCUT2D eigenvalue weighted by Crippen LogP contribution is 2.28. The van der Waals surface area contributed by atoms with E-state index in [2.05, 4.69) is 24.4 Å². The number of aryl methyl sites for hydroxylation is 2. The highest BCUT2D eigenvalue weighted by Gasteiger charge is 2.20. The normalized spacial score (nSPS) is 12.2. The van der Waals surface area contributed by atoms with Gasteiger partial charge in [-0.2, -0.15) is 13.8 Å². The van der Waals surface area contributed by atoms with Crippen LogP contribution in [-0.4, -0.2) is 40.6 Å². The number of anilines is 1. The number of ether oxygens (including phenoxy) is 1. The van der Waals surface area contributed by atoms with Gasteiger partial charge >= 0.3 is 6.61 Å². The quantitative estimate of drug-likeness (QED) is 0.700. The minimum absolute atomic E-state index is 0.108. The smallest absolute Gasteiger partial charge is 0.388 e. The Morgan fingerprint density at radius 2 is 2.00 bits per heavy atom. The highest BCUT2D eigenvalue weighted by atomic mass is 32.2. The van der Waals surface area contributed by atoms with Gasteiger partial charge in [-0.1, -0.05) is 6.92 Å². The fourth-order valence-electron chi connectivity index (χ4n) is 2.74. The third kappa shape index (κ3) is 3.52. The zero-order valence-corrected chi connectivity index (χ0v) is 15.1. The number of sulfonamides is 1. The lowest BCUT2D eigenvalue weighted by Gasteiger charge is -2.11. The number of imidazole rings is 1. The number of hydrogen-bond acceptors (Lipinski definition) is 6. The Morgan fingerprint density at radius 1 is 1.27 bits per heavy atom. The average molecular weight is 385 g/mol. The second-order valence-corrected chi connectivity index (χ2v) is 7.50. The maximum atomic E-state index is 12.5. The molecule has 8 nitrogen and oxygen atoms in total. The van der Waals surface area contributed by atoms with E-state index in [0.29, 0.717) is 29.0 Å². The van der Waals surface area contributed by atoms with E-state index in [1.807, 2.05) is 6.92 Å². The number of fused-ring (bicyclic) bond motifs is 3. The van der Waals surface area contributed by atoms with Crippen molar-refractivity contribution in [3.8, 4) is 5.88 Å². The number of nitrogens with zero attached hydrogens (tertiary/aromatic N) is 4. The van der Waals surface area contributed by atoms with Gasteiger partial charge in [-0.25, -0.2) is 18.4 Å². The minimum atomic E-state index is -3.58. The van der Waals surface area contributed by atoms with Crippen LogP contribution in [0.2, 0.25) is 0 Å². The van der Waals surface area contributed by atoms with Crippen LogP contribution < -0.4 is 9.46 Å². The molecule has 0 aliphatic heterocycles. The molecule has 1 N–H and O–H groups in total. The maximum Gasteiger partial charge on any atom is 0.388 e. The Balaban J connectivity index is 2.37. The van der Waals surface area contributed by atoms with E-state index in [4.69, 9.17) is 0 Å². The number of pyridine rings is 1. The van der Waals surface area contributed by atoms with Gasteiger partial charge in [-0.05, 0) is 19.4 Å². The van der Waals surface area contributed by atoms with Crippen LogP contribution in [0.1, 0.15) is 24.9 Å². The third-order valence-electron chi connectivity index (χ3n) is 3.58. The zero-order valence-electron chi connectivity index (χ0n) is 14.3. The molecule has 11 heteroatoms. The van der Waals surface area contributed by atoms with Crippen LogP contribution in [0.25, 0.3) is 16.7 Å². The van der Waals surface area contributed by atoms with E-state index < -0.39 is 16.6 Å². The van der Waals surface area contributed by atoms with Crippen molar-refractivity contribution in [1.82, 2.24) is 19.4 Å². The van der Waals surface area contributed by atoms with E-state index in [9.17, 15) is 17.2 Å². The SMILES string of the molecule is CCCc1nc(C)c2c(NS(C)(=O)=O)nc3ccc(OC(F)F)nc3n12. The Labute approximate surface area is 148 Å². The lowest BCUT2D eigenvalue weighted by molar-refractivity contribution is -0.0526. The Hall–Kier alpha value is -2.56. The monoisotopic (exact) mass is 385 g/mol. The second kappa shape index (κ2) is 6.63. The summed E-state index contributed by atoms with van der Waals surface area (Å²) in [6.07, 6.45) is 2.39. The van der Waals surface area contributed by atoms with Gasteiger partial charge in [0.25, 0.3) is 0 Å². The summed E-state index contributed by atoms with van der Waals surface area (Å²) in [5, 5.41) is 0. The molecule has 140 valence electrons. The largest absolute Gasteiger partial charge is 0.417 e. The number of halogens is 2. The van der Waals surface area contributed by atoms with Gasteiger partial charge in [0.05, 0.1) is 11.9 Å². The van der Waals surface area contributed by atoms with Crippen molar-refractivity contribution in [3.05, 3.63) is 23.7 Å². The van der Waals surface area contributed by atoms with Gasteiger partial charge < -0.3 is 4.74 Å². The first-order chi connectivity index (χ1) is 12.2. The van der Waals surface area contributed by atoms with E-state index in [1.54, 1.807) is 11.3 Å². The van der Waals surface area contributed by atoms with Gasteiger partial charge in [-0.15, -0.1) is 0 Å². The lowest BCUT2D eigenvalue weighted by Crippen LogP contribution is -2.13. The molecule has 26 heavy (non-hydrogen) atoms. The Bertz CT molecular complexity index is 1080. The van der Waals surface area contributed by atoms with Crippen LogP contribution in [0, 0.1) is 6.92 Å². The number of nitrogens with one attached hydrogen (secondary N) is 1. The van der Waals surface area contributed by atoms with Crippen LogP contribution in [0.4, 0.5) is 14.6 Å². The molecule has 3 heterocycles. The van der Waals surface area contributed by atoms with Crippen molar-refractivity contribution in [1.29, 1.82) is 0 Å². The van der Waals surface area contributed by atoms with Gasteiger partial charge in [0.2, 0.25) is 15.9 Å². The van der Waals surface area contributed by atoms with Gasteiger partial charge in [0, 0.05) is 12.5 Å². The zero-order chi connectivity index (χ0) is 19.1. The second-order valence-electron chi connectivity index (χ2n) is 5.75. The molecule has 3 aromatic rings. The maximum absolute atomic E-state index is 12.5. The summed E-state index contributed by atoms with van der Waals surface area (Å²) in [5.74, 6) is 0.482. The summed E-state index contributed by atoms with van der Waals surface area (Å²) in [5.41, 5.74) is 1.56. The molecule has 0 radical (unpaired) electrons. The lowest BCUT2D eigenvalue weighted by atomic mass is 10.3. The molecule has 0 spiro atoms. The summed E-state index contributed by atoms with van der Waals surface area (Å²) >= 11 is 0. The summed E-state index contributed by atoms with van der Waals surface area (Å²) < 4.78 is 56.8. The molecule has 3 rings (SSSR count). The summed E-state index contributed by atoms with van der Waals surface area (Å²) in [6, 6.07) is 2.69. The van der Waals surface area contributed by atoms with Gasteiger partial charge in [0.15, 0.2) is 11.5 Å². The first kappa shape index (κ1) is 18.2. The molecule has 0 aliphatic rings. The summed E-state index contributed by atoms with van der Waals surface area (Å²) in [7, 11) is -3.58. The summed E-state index contributed by atoms with van der Waals surface area (Å²) in [6.45, 7) is 0.678. The molecule has 0 saturated heterocycles. The molecule has 0 unspecified atom stereocenters. The topological polar surface area (TPSA) is 98.5 Å². The van der Waals surface area contributed by atoms with Crippen molar-refractivity contribution in [2.45, 2.75) is 33.3 Å². The van der Waals surface area contributed by atoms with Crippen molar-refractivity contribution in [2.24, 2.45) is 0 Å². The first-order valence-electron chi connectivity index (χ1n) is 7.81. The third-order valence-corrected chi connectivity index (χ3v) is 4.15. The van der Waals surface area contributed by atoms with Crippen LogP contribution in [-0.2, 0) is 16.4 Å². The molecular formula is C15H17F2N5O3S. The number of rotatable bonds is 6. The van der Waals surface area contributed by atoms with Gasteiger partial charge in [0.1, 0.15) is 16.9 Å². The van der Waals surface area contributed by atoms with Crippen molar-refractivity contribution in [3.63, 3.8) is 0 Å². The predicted octanol–water partition coefficient (Wildman–Crippen LogP) is 2.51. The standard InChI is InChI=1S/C15H17F2N5O3S/c1-4-5-10-18-8(2)12-13(21-26(3,23)24)19-9-6-7-11(25-15(16)17)20-14(9)22(10)12/h6-7,15H,4-5H2,1-3H3,(H,19,21). The summed E-state index contributed by atoms with van der Waals surface area (Å²) in [4.78, 5) is 12.9. The molecule has 0 bridgehead atoms.